The zero-order valence-electron chi connectivity index (χ0n) is 35.6. The molecule has 0 aromatic carbocycles. The van der Waals surface area contributed by atoms with Gasteiger partial charge in [-0.2, -0.15) is 0 Å². The minimum Gasteiger partial charge on any atom is -0.439 e. The van der Waals surface area contributed by atoms with Gasteiger partial charge in [0.1, 0.15) is 48.8 Å². The van der Waals surface area contributed by atoms with E-state index in [-0.39, 0.29) is 19.8 Å². The molecule has 0 saturated heterocycles. The normalized spacial score (nSPS) is 17.6. The van der Waals surface area contributed by atoms with Crippen LogP contribution in [0.3, 0.4) is 0 Å². The second-order valence-electron chi connectivity index (χ2n) is 17.2. The lowest BCUT2D eigenvalue weighted by atomic mass is 10.0. The van der Waals surface area contributed by atoms with Crippen molar-refractivity contribution in [2.75, 3.05) is 39.6 Å². The van der Waals surface area contributed by atoms with Crippen LogP contribution in [0.2, 0.25) is 97.7 Å². The van der Waals surface area contributed by atoms with Gasteiger partial charge in [0, 0.05) is 6.61 Å². The third kappa shape index (κ3) is 33.4. The molecular weight excluding hydrogens is 809 g/mol. The Morgan fingerprint density at radius 1 is 0.537 bits per heavy atom. The number of aliphatic hydroxyl groups excluding tert-OH is 10. The molecule has 0 radical (unpaired) electrons. The molecule has 10 N–H and O–H groups in total. The first-order valence-electron chi connectivity index (χ1n) is 18.4. The van der Waals surface area contributed by atoms with Crippen LogP contribution in [-0.4, -0.2) is 191 Å². The Morgan fingerprint density at radius 2 is 0.870 bits per heavy atom. The molecule has 0 aliphatic heterocycles. The number of ether oxygens (including phenoxy) is 2. The molecule has 0 bridgehead atoms. The maximum absolute atomic E-state index is 9.84. The molecule has 0 saturated carbocycles. The van der Waals surface area contributed by atoms with Crippen molar-refractivity contribution >= 4 is 51.1 Å². The van der Waals surface area contributed by atoms with E-state index in [1.807, 2.05) is 0 Å². The number of hydrogen-bond acceptors (Lipinski definition) is 16. The first-order valence-corrected chi connectivity index (χ1v) is 36.7. The molecule has 328 valence electrons. The lowest BCUT2D eigenvalue weighted by Gasteiger charge is -2.38. The Bertz CT molecular complexity index is 916. The van der Waals surface area contributed by atoms with Gasteiger partial charge >= 0.3 is 8.56 Å². The monoisotopic (exact) mass is 888 g/mol. The zero-order chi connectivity index (χ0) is 43.3. The van der Waals surface area contributed by atoms with Crippen LogP contribution < -0.4 is 0 Å². The molecular formula is C32H80O16Si6. The first kappa shape index (κ1) is 58.7. The molecule has 0 aromatic heterocycles. The summed E-state index contributed by atoms with van der Waals surface area (Å²) in [5.74, 6) is 0. The third-order valence-corrected chi connectivity index (χ3v) is 24.4. The van der Waals surface area contributed by atoms with Crippen LogP contribution >= 0.6 is 0 Å². The fourth-order valence-corrected chi connectivity index (χ4v) is 25.8. The van der Waals surface area contributed by atoms with Gasteiger partial charge in [0.25, 0.3) is 9.28 Å². The summed E-state index contributed by atoms with van der Waals surface area (Å²) in [7, 11) is -9.87. The molecule has 0 fully saturated rings. The van der Waals surface area contributed by atoms with Crippen molar-refractivity contribution in [2.24, 2.45) is 0 Å². The molecule has 8 atom stereocenters. The van der Waals surface area contributed by atoms with Gasteiger partial charge in [-0.25, -0.2) is 0 Å². The lowest BCUT2D eigenvalue weighted by molar-refractivity contribution is -0.129. The molecule has 0 heterocycles. The maximum Gasteiger partial charge on any atom is 0.314 e. The van der Waals surface area contributed by atoms with Crippen LogP contribution in [0.1, 0.15) is 6.42 Å². The van der Waals surface area contributed by atoms with E-state index in [0.29, 0.717) is 13.0 Å². The summed E-state index contributed by atoms with van der Waals surface area (Å²) in [5, 5.41) is 92.6. The van der Waals surface area contributed by atoms with Gasteiger partial charge in [-0.05, 0) is 104 Å². The van der Waals surface area contributed by atoms with Gasteiger partial charge in [0.15, 0.2) is 33.3 Å². The van der Waals surface area contributed by atoms with Crippen molar-refractivity contribution in [3.05, 3.63) is 12.7 Å². The van der Waals surface area contributed by atoms with Crippen molar-refractivity contribution in [1.29, 1.82) is 0 Å². The number of rotatable bonds is 26. The Balaban J connectivity index is -0.000000808. The summed E-state index contributed by atoms with van der Waals surface area (Å²) in [6.07, 6.45) is -9.96. The van der Waals surface area contributed by atoms with E-state index >= 15 is 0 Å². The molecule has 0 amide bonds. The molecule has 0 rings (SSSR count). The van der Waals surface area contributed by atoms with Crippen LogP contribution in [-0.2, 0) is 25.9 Å². The standard InChI is InChI=1S/C16H40O8Si3.C9H18O6.C7H22O2Si3/c1-25(2,3)23-27(7,24-26(4,5)6)10-8-9-22-12-14(19)16(21)15(20)13(18)11-17;1-2-3-15-5-7(12)9(14)8(13)6(11)4-10;1-10(8-11(2,3)4)9-12(5,6)7/h13-21H,8-12H2,1-7H3;2,6-14H,1,3-5H2;10H,1-7H3. The largest absolute Gasteiger partial charge is 0.439 e. The van der Waals surface area contributed by atoms with Crippen LogP contribution in [0.4, 0.5) is 0 Å². The van der Waals surface area contributed by atoms with E-state index < -0.39 is 113 Å². The predicted octanol–water partition coefficient (Wildman–Crippen LogP) is 0.769. The van der Waals surface area contributed by atoms with Crippen molar-refractivity contribution in [2.45, 2.75) is 153 Å². The van der Waals surface area contributed by atoms with E-state index in [1.54, 1.807) is 0 Å². The summed E-state index contributed by atoms with van der Waals surface area (Å²) < 4.78 is 34.9. The SMILES string of the molecule is C=CCOCC(O)C(O)C(O)C(O)CO.C[SiH](O[Si](C)(C)C)O[Si](C)(C)C.C[Si](C)(C)O[Si](C)(CCCOCC(O)C(O)C(O)C(O)CO)O[Si](C)(C)C. The van der Waals surface area contributed by atoms with Crippen molar-refractivity contribution in [3.63, 3.8) is 0 Å². The van der Waals surface area contributed by atoms with Gasteiger partial charge in [0.05, 0.1) is 33.0 Å². The van der Waals surface area contributed by atoms with Crippen molar-refractivity contribution < 1.29 is 77.0 Å². The predicted molar refractivity (Wildman–Crippen MR) is 226 cm³/mol. The van der Waals surface area contributed by atoms with E-state index in [0.717, 1.165) is 6.04 Å². The maximum atomic E-state index is 9.84. The van der Waals surface area contributed by atoms with Crippen LogP contribution in [0.5, 0.6) is 0 Å². The molecule has 0 spiro atoms. The molecule has 0 aliphatic rings. The fourth-order valence-electron chi connectivity index (χ4n) is 4.73. The lowest BCUT2D eigenvalue weighted by Crippen LogP contribution is -2.52. The summed E-state index contributed by atoms with van der Waals surface area (Å²) in [5.41, 5.74) is 0. The van der Waals surface area contributed by atoms with Crippen molar-refractivity contribution in [1.82, 2.24) is 0 Å². The minimum absolute atomic E-state index is 0.182. The van der Waals surface area contributed by atoms with Crippen LogP contribution in [0.25, 0.3) is 0 Å². The number of aliphatic hydroxyl groups is 10. The quantitative estimate of drug-likeness (QED) is 0.0327. The summed E-state index contributed by atoms with van der Waals surface area (Å²) >= 11 is 0. The van der Waals surface area contributed by atoms with E-state index in [1.165, 1.54) is 6.08 Å². The Hall–Kier alpha value is 0.401. The number of hydrogen-bond donors (Lipinski definition) is 10. The van der Waals surface area contributed by atoms with Gasteiger partial charge in [0.2, 0.25) is 0 Å². The summed E-state index contributed by atoms with van der Waals surface area (Å²) in [6.45, 7) is 32.6. The van der Waals surface area contributed by atoms with E-state index in [9.17, 15) is 35.7 Å². The minimum atomic E-state index is -2.33. The summed E-state index contributed by atoms with van der Waals surface area (Å²) in [6, 6.07) is 0.770. The average molecular weight is 889 g/mol. The summed E-state index contributed by atoms with van der Waals surface area (Å²) in [4.78, 5) is 0. The fraction of sp³-hybridized carbons (Fsp3) is 0.938. The highest BCUT2D eigenvalue weighted by Gasteiger charge is 2.40. The Morgan fingerprint density at radius 3 is 1.17 bits per heavy atom. The second kappa shape index (κ2) is 28.0. The van der Waals surface area contributed by atoms with Crippen LogP contribution in [0.15, 0.2) is 12.7 Å². The van der Waals surface area contributed by atoms with Gasteiger partial charge in [-0.1, -0.05) is 6.08 Å². The molecule has 8 unspecified atom stereocenters. The first-order chi connectivity index (χ1) is 24.2. The Kier molecular flexibility index (Phi) is 30.4. The van der Waals surface area contributed by atoms with Gasteiger partial charge in [-0.3, -0.25) is 0 Å². The highest BCUT2D eigenvalue weighted by atomic mass is 28.5. The molecule has 54 heavy (non-hydrogen) atoms. The topological polar surface area (TPSA) is 258 Å². The van der Waals surface area contributed by atoms with E-state index in [2.05, 4.69) is 98.2 Å². The highest BCUT2D eigenvalue weighted by Crippen LogP contribution is 2.25. The zero-order valence-corrected chi connectivity index (χ0v) is 41.7. The van der Waals surface area contributed by atoms with E-state index in [4.69, 9.17) is 41.3 Å². The Labute approximate surface area is 332 Å². The van der Waals surface area contributed by atoms with Gasteiger partial charge < -0.3 is 77.0 Å². The van der Waals surface area contributed by atoms with Crippen molar-refractivity contribution in [3.8, 4) is 0 Å². The smallest absolute Gasteiger partial charge is 0.314 e. The molecule has 0 aliphatic carbocycles. The highest BCUT2D eigenvalue weighted by molar-refractivity contribution is 6.87. The van der Waals surface area contributed by atoms with Crippen LogP contribution in [0, 0.1) is 0 Å². The second-order valence-corrected chi connectivity index (χ2v) is 41.5. The molecule has 16 nitrogen and oxygen atoms in total. The average Bonchev–Trinajstić information content (AvgIpc) is 2.99. The molecule has 0 aromatic rings. The van der Waals surface area contributed by atoms with Gasteiger partial charge in [-0.15, -0.1) is 6.58 Å². The third-order valence-electron chi connectivity index (χ3n) is 6.47. The molecule has 22 heteroatoms.